The normalized spacial score (nSPS) is 9.33. The number of hydrogen-bond acceptors (Lipinski definition) is 2. The van der Waals surface area contributed by atoms with Gasteiger partial charge in [-0.3, -0.25) is 0 Å². The summed E-state index contributed by atoms with van der Waals surface area (Å²) in [5, 5.41) is 0. The van der Waals surface area contributed by atoms with Crippen LogP contribution in [0.1, 0.15) is 0 Å². The monoisotopic (exact) mass is 366 g/mol. The fraction of sp³-hybridized carbons (Fsp3) is 0. The van der Waals surface area contributed by atoms with Crippen molar-refractivity contribution in [3.8, 4) is 11.5 Å². The van der Waals surface area contributed by atoms with Crippen LogP contribution in [0.4, 0.5) is 0 Å². The van der Waals surface area contributed by atoms with Gasteiger partial charge in [-0.15, -0.1) is 0 Å². The topological polar surface area (TPSA) is 18.5 Å². The zero-order chi connectivity index (χ0) is 10.3. The van der Waals surface area contributed by atoms with E-state index >= 15 is 0 Å². The van der Waals surface area contributed by atoms with E-state index in [1.807, 2.05) is 60.7 Å². The molecule has 0 saturated carbocycles. The van der Waals surface area contributed by atoms with Gasteiger partial charge in [-0.1, -0.05) is 0 Å². The van der Waals surface area contributed by atoms with Gasteiger partial charge >= 0.3 is 102 Å². The van der Waals surface area contributed by atoms with E-state index in [0.29, 0.717) is 0 Å². The van der Waals surface area contributed by atoms with E-state index in [2.05, 4.69) is 0 Å². The molecule has 0 bridgehead atoms. The van der Waals surface area contributed by atoms with Crippen LogP contribution in [-0.4, -0.2) is 0 Å². The third-order valence-corrected chi connectivity index (χ3v) is 4.10. The second-order valence-electron chi connectivity index (χ2n) is 2.91. The molecule has 0 radical (unpaired) electrons. The summed E-state index contributed by atoms with van der Waals surface area (Å²) in [5.41, 5.74) is 0. The molecule has 3 heteroatoms. The summed E-state index contributed by atoms with van der Waals surface area (Å²) in [7, 11) is 0. The van der Waals surface area contributed by atoms with Crippen molar-refractivity contribution >= 4 is 0 Å². The molecule has 2 nitrogen and oxygen atoms in total. The van der Waals surface area contributed by atoms with Gasteiger partial charge in [0.1, 0.15) is 0 Å². The van der Waals surface area contributed by atoms with Gasteiger partial charge in [0.25, 0.3) is 0 Å². The van der Waals surface area contributed by atoms with E-state index < -0.39 is 23.8 Å². The maximum atomic E-state index is 5.58. The van der Waals surface area contributed by atoms with Crippen molar-refractivity contribution < 1.29 is 29.5 Å². The molecular formula is C12H10HfO2. The molecule has 0 aliphatic heterocycles. The van der Waals surface area contributed by atoms with Crippen LogP contribution in [0, 0.1) is 0 Å². The van der Waals surface area contributed by atoms with Crippen LogP contribution in [-0.2, 0) is 23.8 Å². The van der Waals surface area contributed by atoms with E-state index in [-0.39, 0.29) is 0 Å². The van der Waals surface area contributed by atoms with Gasteiger partial charge in [0.15, 0.2) is 0 Å². The summed E-state index contributed by atoms with van der Waals surface area (Å²) in [6, 6.07) is 19.6. The van der Waals surface area contributed by atoms with E-state index in [4.69, 9.17) is 5.71 Å². The Morgan fingerprint density at radius 3 is 1.40 bits per heavy atom. The average Bonchev–Trinajstić information content (AvgIpc) is 2.32. The Kier molecular flexibility index (Phi) is 3.97. The quantitative estimate of drug-likeness (QED) is 0.776. The summed E-state index contributed by atoms with van der Waals surface area (Å²) in [5.74, 6) is 1.80. The second kappa shape index (κ2) is 5.71. The molecule has 0 amide bonds. The minimum absolute atomic E-state index is 0.900. The minimum atomic E-state index is -1.47. The van der Waals surface area contributed by atoms with Gasteiger partial charge in [-0.2, -0.15) is 0 Å². The SMILES string of the molecule is c1ccc([O][Hf][O]c2ccccc2)cc1. The third-order valence-electron chi connectivity index (χ3n) is 1.81. The van der Waals surface area contributed by atoms with Crippen LogP contribution in [0.2, 0.25) is 0 Å². The molecule has 0 saturated heterocycles. The third kappa shape index (κ3) is 3.51. The van der Waals surface area contributed by atoms with Crippen LogP contribution >= 0.6 is 0 Å². The van der Waals surface area contributed by atoms with Gasteiger partial charge in [-0.25, -0.2) is 0 Å². The van der Waals surface area contributed by atoms with E-state index in [9.17, 15) is 0 Å². The zero-order valence-corrected chi connectivity index (χ0v) is 11.7. The van der Waals surface area contributed by atoms with Crippen molar-refractivity contribution in [2.75, 3.05) is 0 Å². The molecule has 0 atom stereocenters. The molecule has 15 heavy (non-hydrogen) atoms. The number of para-hydroxylation sites is 2. The van der Waals surface area contributed by atoms with Crippen molar-refractivity contribution in [3.05, 3.63) is 60.7 Å². The van der Waals surface area contributed by atoms with Crippen molar-refractivity contribution in [2.24, 2.45) is 0 Å². The van der Waals surface area contributed by atoms with Crippen molar-refractivity contribution in [1.82, 2.24) is 0 Å². The molecular weight excluding hydrogens is 355 g/mol. The van der Waals surface area contributed by atoms with E-state index in [0.717, 1.165) is 11.5 Å². The predicted molar refractivity (Wildman–Crippen MR) is 54.1 cm³/mol. The van der Waals surface area contributed by atoms with Gasteiger partial charge in [0.2, 0.25) is 0 Å². The Morgan fingerprint density at radius 2 is 1.00 bits per heavy atom. The molecule has 0 unspecified atom stereocenters. The maximum absolute atomic E-state index is 5.58. The summed E-state index contributed by atoms with van der Waals surface area (Å²) < 4.78 is 11.2. The van der Waals surface area contributed by atoms with Crippen molar-refractivity contribution in [3.63, 3.8) is 0 Å². The summed E-state index contributed by atoms with van der Waals surface area (Å²) >= 11 is -1.47. The van der Waals surface area contributed by atoms with Crippen LogP contribution in [0.3, 0.4) is 0 Å². The second-order valence-corrected chi connectivity index (χ2v) is 4.98. The molecule has 74 valence electrons. The first-order chi connectivity index (χ1) is 7.45. The van der Waals surface area contributed by atoms with Crippen molar-refractivity contribution in [1.29, 1.82) is 0 Å². The average molecular weight is 365 g/mol. The Morgan fingerprint density at radius 1 is 0.600 bits per heavy atom. The fourth-order valence-corrected chi connectivity index (χ4v) is 2.91. The van der Waals surface area contributed by atoms with Crippen LogP contribution < -0.4 is 5.71 Å². The number of hydrogen-bond donors (Lipinski definition) is 0. The molecule has 2 aromatic carbocycles. The fourth-order valence-electron chi connectivity index (χ4n) is 1.09. The molecule has 0 fully saturated rings. The molecule has 0 aromatic heterocycles. The van der Waals surface area contributed by atoms with Crippen molar-refractivity contribution in [2.45, 2.75) is 0 Å². The van der Waals surface area contributed by atoms with E-state index in [1.54, 1.807) is 0 Å². The Balaban J connectivity index is 1.81. The van der Waals surface area contributed by atoms with Gasteiger partial charge in [0, 0.05) is 0 Å². The Bertz CT molecular complexity index is 349. The molecule has 0 spiro atoms. The van der Waals surface area contributed by atoms with Crippen LogP contribution in [0.5, 0.6) is 11.5 Å². The van der Waals surface area contributed by atoms with Gasteiger partial charge in [-0.05, 0) is 0 Å². The zero-order valence-electron chi connectivity index (χ0n) is 8.09. The molecule has 0 aliphatic carbocycles. The number of rotatable bonds is 4. The number of benzene rings is 2. The Hall–Kier alpha value is -1.09. The van der Waals surface area contributed by atoms with Crippen LogP contribution in [0.15, 0.2) is 60.7 Å². The Labute approximate surface area is 101 Å². The first-order valence-corrected chi connectivity index (χ1v) is 7.57. The molecule has 2 aromatic rings. The molecule has 0 heterocycles. The molecule has 2 rings (SSSR count). The van der Waals surface area contributed by atoms with E-state index in [1.165, 1.54) is 0 Å². The first-order valence-electron chi connectivity index (χ1n) is 4.64. The van der Waals surface area contributed by atoms with Gasteiger partial charge < -0.3 is 0 Å². The summed E-state index contributed by atoms with van der Waals surface area (Å²) in [4.78, 5) is 0. The standard InChI is InChI=1S/2C6H6O.Hf/c2*7-6-4-2-1-3-5-6;/h2*1-5,7H;/q;;+2/p-2. The first kappa shape index (κ1) is 10.4. The molecule has 0 aliphatic rings. The summed E-state index contributed by atoms with van der Waals surface area (Å²) in [6.45, 7) is 0. The summed E-state index contributed by atoms with van der Waals surface area (Å²) in [6.07, 6.45) is 0. The van der Waals surface area contributed by atoms with Gasteiger partial charge in [0.05, 0.1) is 0 Å². The molecule has 0 N–H and O–H groups in total. The predicted octanol–water partition coefficient (Wildman–Crippen LogP) is 3.06. The van der Waals surface area contributed by atoms with Crippen LogP contribution in [0.25, 0.3) is 0 Å².